The molecule has 0 aromatic carbocycles. The molecule has 0 bridgehead atoms. The topological polar surface area (TPSA) is 120 Å². The van der Waals surface area contributed by atoms with Gasteiger partial charge in [-0.1, -0.05) is 0 Å². The molecule has 0 aliphatic carbocycles. The molecule has 2 rings (SSSR count). The minimum Gasteiger partial charge on any atom is -0.477 e. The van der Waals surface area contributed by atoms with Crippen molar-refractivity contribution in [3.05, 3.63) is 51.7 Å². The van der Waals surface area contributed by atoms with Gasteiger partial charge in [0.2, 0.25) is 0 Å². The number of aryl methyl sites for hydroxylation is 1. The van der Waals surface area contributed by atoms with Gasteiger partial charge < -0.3 is 15.2 Å². The third kappa shape index (κ3) is 2.56. The highest BCUT2D eigenvalue weighted by atomic mass is 16.4. The van der Waals surface area contributed by atoms with E-state index in [1.165, 1.54) is 18.2 Å². The van der Waals surface area contributed by atoms with Crippen LogP contribution in [0.3, 0.4) is 0 Å². The van der Waals surface area contributed by atoms with Crippen molar-refractivity contribution in [3.63, 3.8) is 0 Å². The van der Waals surface area contributed by atoms with Crippen molar-refractivity contribution in [1.29, 1.82) is 0 Å². The zero-order valence-corrected chi connectivity index (χ0v) is 10.4. The van der Waals surface area contributed by atoms with Crippen LogP contribution in [-0.2, 0) is 0 Å². The van der Waals surface area contributed by atoms with E-state index >= 15 is 0 Å². The number of nitrogens with one attached hydrogen (secondary N) is 1. The van der Waals surface area contributed by atoms with Gasteiger partial charge in [-0.2, -0.15) is 0 Å². The van der Waals surface area contributed by atoms with Gasteiger partial charge in [0.1, 0.15) is 11.4 Å². The number of aromatic nitrogens is 2. The van der Waals surface area contributed by atoms with E-state index in [9.17, 15) is 14.4 Å². The molecule has 20 heavy (non-hydrogen) atoms. The lowest BCUT2D eigenvalue weighted by atomic mass is 10.1. The molecule has 0 fully saturated rings. The molecule has 0 aliphatic rings. The van der Waals surface area contributed by atoms with Crippen LogP contribution in [0, 0.1) is 6.92 Å². The predicted molar refractivity (Wildman–Crippen MR) is 68.9 cm³/mol. The monoisotopic (exact) mass is 274 g/mol. The Morgan fingerprint density at radius 3 is 2.40 bits per heavy atom. The van der Waals surface area contributed by atoms with Crippen molar-refractivity contribution in [2.24, 2.45) is 0 Å². The van der Waals surface area contributed by atoms with Gasteiger partial charge in [0.25, 0.3) is 5.56 Å². The van der Waals surface area contributed by atoms with E-state index in [2.05, 4.69) is 9.97 Å². The average molecular weight is 274 g/mol. The van der Waals surface area contributed by atoms with Crippen LogP contribution < -0.4 is 5.56 Å². The van der Waals surface area contributed by atoms with Crippen LogP contribution in [-0.4, -0.2) is 32.1 Å². The van der Waals surface area contributed by atoms with Crippen molar-refractivity contribution in [3.8, 4) is 11.1 Å². The maximum Gasteiger partial charge on any atom is 0.354 e. The Morgan fingerprint density at radius 1 is 1.15 bits per heavy atom. The third-order valence-corrected chi connectivity index (χ3v) is 2.62. The normalized spacial score (nSPS) is 10.2. The molecule has 3 N–H and O–H groups in total. The quantitative estimate of drug-likeness (QED) is 0.771. The second-order valence-corrected chi connectivity index (χ2v) is 4.11. The molecule has 0 amide bonds. The fourth-order valence-electron chi connectivity index (χ4n) is 1.76. The molecule has 2 aromatic rings. The number of carboxylic acids is 2. The first-order valence-corrected chi connectivity index (χ1v) is 5.57. The lowest BCUT2D eigenvalue weighted by Crippen LogP contribution is -2.14. The maximum atomic E-state index is 11.9. The predicted octanol–water partition coefficient (Wildman–Crippen LogP) is 1.14. The minimum absolute atomic E-state index is 0.179. The number of H-pyrrole nitrogens is 1. The number of carbonyl (C=O) groups is 2. The highest BCUT2D eigenvalue weighted by Crippen LogP contribution is 2.17. The molecule has 2 aromatic heterocycles. The summed E-state index contributed by atoms with van der Waals surface area (Å²) in [6.07, 6.45) is 0. The number of rotatable bonds is 3. The summed E-state index contributed by atoms with van der Waals surface area (Å²) < 4.78 is 0. The van der Waals surface area contributed by atoms with Gasteiger partial charge in [-0.05, 0) is 36.8 Å². The number of hydrogen-bond donors (Lipinski definition) is 3. The first-order valence-electron chi connectivity index (χ1n) is 5.57. The Balaban J connectivity index is 2.60. The Morgan fingerprint density at radius 2 is 1.85 bits per heavy atom. The van der Waals surface area contributed by atoms with Crippen molar-refractivity contribution in [1.82, 2.24) is 9.97 Å². The van der Waals surface area contributed by atoms with Crippen LogP contribution in [0.2, 0.25) is 0 Å². The Hall–Kier alpha value is -2.96. The van der Waals surface area contributed by atoms with E-state index in [4.69, 9.17) is 10.2 Å². The molecular weight excluding hydrogens is 264 g/mol. The van der Waals surface area contributed by atoms with Gasteiger partial charge in [-0.3, -0.25) is 4.79 Å². The zero-order valence-electron chi connectivity index (χ0n) is 10.4. The van der Waals surface area contributed by atoms with E-state index in [0.717, 1.165) is 0 Å². The van der Waals surface area contributed by atoms with Gasteiger partial charge in [-0.25, -0.2) is 14.6 Å². The van der Waals surface area contributed by atoms with Crippen LogP contribution in [0.4, 0.5) is 0 Å². The summed E-state index contributed by atoms with van der Waals surface area (Å²) in [5.41, 5.74) is -0.0192. The van der Waals surface area contributed by atoms with Crippen molar-refractivity contribution in [2.75, 3.05) is 0 Å². The molecule has 2 heterocycles. The van der Waals surface area contributed by atoms with E-state index in [0.29, 0.717) is 11.3 Å². The molecule has 0 spiro atoms. The molecule has 7 heteroatoms. The number of pyridine rings is 2. The molecule has 7 nitrogen and oxygen atoms in total. The zero-order chi connectivity index (χ0) is 14.9. The Labute approximate surface area is 112 Å². The summed E-state index contributed by atoms with van der Waals surface area (Å²) in [6, 6.07) is 5.40. The van der Waals surface area contributed by atoms with Crippen LogP contribution in [0.1, 0.15) is 26.7 Å². The van der Waals surface area contributed by atoms with Gasteiger partial charge in [-0.15, -0.1) is 0 Å². The highest BCUT2D eigenvalue weighted by Gasteiger charge is 2.12. The number of carboxylic acid groups (broad SMARTS) is 2. The van der Waals surface area contributed by atoms with Crippen LogP contribution >= 0.6 is 0 Å². The minimum atomic E-state index is -1.24. The number of nitrogens with zero attached hydrogens (tertiary/aromatic N) is 1. The molecule has 0 aliphatic heterocycles. The molecule has 0 unspecified atom stereocenters. The molecule has 0 atom stereocenters. The van der Waals surface area contributed by atoms with Gasteiger partial charge in [0.15, 0.2) is 0 Å². The lowest BCUT2D eigenvalue weighted by Gasteiger charge is -2.04. The number of aromatic amines is 1. The molecule has 102 valence electrons. The average Bonchev–Trinajstić information content (AvgIpc) is 2.37. The van der Waals surface area contributed by atoms with Crippen LogP contribution in [0.25, 0.3) is 11.1 Å². The molecule has 0 saturated heterocycles. The second-order valence-electron chi connectivity index (χ2n) is 4.11. The van der Waals surface area contributed by atoms with Crippen molar-refractivity contribution in [2.45, 2.75) is 6.92 Å². The summed E-state index contributed by atoms with van der Waals surface area (Å²) in [4.78, 5) is 39.6. The summed E-state index contributed by atoms with van der Waals surface area (Å²) in [5, 5.41) is 17.7. The first kappa shape index (κ1) is 13.5. The van der Waals surface area contributed by atoms with Crippen molar-refractivity contribution >= 4 is 11.9 Å². The summed E-state index contributed by atoms with van der Waals surface area (Å²) >= 11 is 0. The summed E-state index contributed by atoms with van der Waals surface area (Å²) in [7, 11) is 0. The Bertz CT molecular complexity index is 764. The van der Waals surface area contributed by atoms with Crippen LogP contribution in [0.5, 0.6) is 0 Å². The smallest absolute Gasteiger partial charge is 0.354 e. The largest absolute Gasteiger partial charge is 0.477 e. The summed E-state index contributed by atoms with van der Waals surface area (Å²) in [5.74, 6) is -2.45. The fraction of sp³-hybridized carbons (Fsp3) is 0.0769. The van der Waals surface area contributed by atoms with Gasteiger partial charge in [0, 0.05) is 11.3 Å². The van der Waals surface area contributed by atoms with E-state index in [-0.39, 0.29) is 17.0 Å². The third-order valence-electron chi connectivity index (χ3n) is 2.62. The molecule has 0 radical (unpaired) electrons. The van der Waals surface area contributed by atoms with Crippen molar-refractivity contribution < 1.29 is 19.8 Å². The summed E-state index contributed by atoms with van der Waals surface area (Å²) in [6.45, 7) is 1.61. The first-order chi connectivity index (χ1) is 9.38. The Kier molecular flexibility index (Phi) is 3.34. The maximum absolute atomic E-state index is 11.9. The lowest BCUT2D eigenvalue weighted by molar-refractivity contribution is 0.0680. The highest BCUT2D eigenvalue weighted by molar-refractivity contribution is 5.88. The molecular formula is C13H10N2O5. The van der Waals surface area contributed by atoms with Gasteiger partial charge >= 0.3 is 11.9 Å². The number of aromatic carboxylic acids is 2. The van der Waals surface area contributed by atoms with Gasteiger partial charge in [0.05, 0.1) is 0 Å². The van der Waals surface area contributed by atoms with E-state index in [1.807, 2.05) is 0 Å². The van der Waals surface area contributed by atoms with E-state index in [1.54, 1.807) is 13.0 Å². The molecule has 0 saturated carbocycles. The number of hydrogen-bond acceptors (Lipinski definition) is 4. The fourth-order valence-corrected chi connectivity index (χ4v) is 1.76. The second kappa shape index (κ2) is 4.96. The van der Waals surface area contributed by atoms with Crippen LogP contribution in [0.15, 0.2) is 29.1 Å². The van der Waals surface area contributed by atoms with E-state index < -0.39 is 17.5 Å². The SMILES string of the molecule is Cc1cc(-c2ccc(C(=O)O)[nH]c2=O)cc(C(=O)O)n1. The standard InChI is InChI=1S/C13H10N2O5/c1-6-4-7(5-10(14-6)13(19)20)8-2-3-9(12(17)18)15-11(8)16/h2-5H,1H3,(H,15,16)(H,17,18)(H,19,20).